The summed E-state index contributed by atoms with van der Waals surface area (Å²) in [4.78, 5) is 28.2. The molecule has 8 nitrogen and oxygen atoms in total. The number of carbonyl (C=O) groups is 2. The van der Waals surface area contributed by atoms with Crippen LogP contribution < -0.4 is 5.43 Å². The maximum absolute atomic E-state index is 11.6. The molecule has 0 bridgehead atoms. The summed E-state index contributed by atoms with van der Waals surface area (Å²) >= 11 is 0. The van der Waals surface area contributed by atoms with E-state index in [9.17, 15) is 9.59 Å². The van der Waals surface area contributed by atoms with Crippen molar-refractivity contribution in [3.05, 3.63) is 0 Å². The zero-order chi connectivity index (χ0) is 17.7. The first kappa shape index (κ1) is 19.2. The van der Waals surface area contributed by atoms with Gasteiger partial charge >= 0.3 is 12.2 Å². The van der Waals surface area contributed by atoms with Gasteiger partial charge in [-0.2, -0.15) is 5.10 Å². The van der Waals surface area contributed by atoms with Gasteiger partial charge in [-0.1, -0.05) is 0 Å². The normalized spacial score (nSPS) is 16.5. The number of ether oxygens (including phenoxy) is 2. The predicted molar refractivity (Wildman–Crippen MR) is 84.9 cm³/mol. The molecule has 1 aliphatic rings. The second kappa shape index (κ2) is 7.63. The number of hydrazone groups is 1. The van der Waals surface area contributed by atoms with Gasteiger partial charge in [0.2, 0.25) is 0 Å². The fraction of sp³-hybridized carbons (Fsp3) is 0.800. The molecule has 1 saturated heterocycles. The molecule has 0 radical (unpaired) electrons. The van der Waals surface area contributed by atoms with Crippen LogP contribution in [0.1, 0.15) is 54.4 Å². The highest BCUT2D eigenvalue weighted by Gasteiger charge is 2.23. The Hall–Kier alpha value is -1.83. The molecule has 0 saturated carbocycles. The lowest BCUT2D eigenvalue weighted by molar-refractivity contribution is -0.143. The summed E-state index contributed by atoms with van der Waals surface area (Å²) in [5.74, 6) is 0. The van der Waals surface area contributed by atoms with Crippen molar-refractivity contribution >= 4 is 18.0 Å². The van der Waals surface area contributed by atoms with E-state index in [0.717, 1.165) is 5.71 Å². The second-order valence-electron chi connectivity index (χ2n) is 7.28. The monoisotopic (exact) mass is 329 g/mol. The molecule has 0 aromatic heterocycles. The molecule has 1 rings (SSSR count). The maximum Gasteiger partial charge on any atom is 0.528 e. The number of nitrogens with one attached hydrogen (secondary N) is 1. The molecule has 0 unspecified atom stereocenters. The van der Waals surface area contributed by atoms with Gasteiger partial charge in [0.05, 0.1) is 0 Å². The van der Waals surface area contributed by atoms with E-state index in [4.69, 9.17) is 14.3 Å². The maximum atomic E-state index is 11.6. The van der Waals surface area contributed by atoms with Crippen LogP contribution >= 0.6 is 0 Å². The predicted octanol–water partition coefficient (Wildman–Crippen LogP) is 2.83. The molecule has 8 heteroatoms. The Labute approximate surface area is 137 Å². The first-order chi connectivity index (χ1) is 10.4. The fourth-order valence-corrected chi connectivity index (χ4v) is 1.75. The minimum atomic E-state index is -0.718. The third kappa shape index (κ3) is 9.02. The highest BCUT2D eigenvalue weighted by molar-refractivity contribution is 5.86. The van der Waals surface area contributed by atoms with E-state index in [1.165, 1.54) is 5.06 Å². The third-order valence-corrected chi connectivity index (χ3v) is 2.60. The Morgan fingerprint density at radius 2 is 1.52 bits per heavy atom. The molecule has 0 aromatic rings. The van der Waals surface area contributed by atoms with E-state index in [2.05, 4.69) is 10.5 Å². The molecule has 0 atom stereocenters. The number of rotatable bonds is 2. The summed E-state index contributed by atoms with van der Waals surface area (Å²) < 4.78 is 10.2. The summed E-state index contributed by atoms with van der Waals surface area (Å²) in [7, 11) is 0. The van der Waals surface area contributed by atoms with Crippen molar-refractivity contribution in [1.29, 1.82) is 0 Å². The third-order valence-electron chi connectivity index (χ3n) is 2.60. The van der Waals surface area contributed by atoms with Gasteiger partial charge in [-0.15, -0.1) is 5.06 Å². The Kier molecular flexibility index (Phi) is 6.37. The van der Waals surface area contributed by atoms with Crippen molar-refractivity contribution < 1.29 is 23.9 Å². The molecule has 1 fully saturated rings. The Morgan fingerprint density at radius 1 is 1.00 bits per heavy atom. The number of hydroxylamine groups is 2. The second-order valence-corrected chi connectivity index (χ2v) is 7.28. The van der Waals surface area contributed by atoms with Gasteiger partial charge < -0.3 is 14.3 Å². The van der Waals surface area contributed by atoms with Crippen LogP contribution in [0.3, 0.4) is 0 Å². The lowest BCUT2D eigenvalue weighted by atomic mass is 10.1. The minimum absolute atomic E-state index is 0.494. The standard InChI is InChI=1S/C15H27N3O5/c1-14(2,3)21-12(19)17-16-11-7-9-18(10-8-11)23-13(20)22-15(4,5)6/h7-10H2,1-6H3,(H,17,19). The Morgan fingerprint density at radius 3 is 2.00 bits per heavy atom. The van der Waals surface area contributed by atoms with Gasteiger partial charge in [-0.05, 0) is 41.5 Å². The smallest absolute Gasteiger partial charge is 0.443 e. The lowest BCUT2D eigenvalue weighted by Gasteiger charge is -2.27. The highest BCUT2D eigenvalue weighted by Crippen LogP contribution is 2.12. The first-order valence-electron chi connectivity index (χ1n) is 7.65. The highest BCUT2D eigenvalue weighted by atomic mass is 16.8. The molecule has 132 valence electrons. The van der Waals surface area contributed by atoms with Crippen molar-refractivity contribution in [1.82, 2.24) is 10.5 Å². The van der Waals surface area contributed by atoms with Gasteiger partial charge in [0, 0.05) is 31.6 Å². The quantitative estimate of drug-likeness (QED) is 0.619. The summed E-state index contributed by atoms with van der Waals surface area (Å²) in [5, 5.41) is 5.56. The van der Waals surface area contributed by atoms with E-state index < -0.39 is 23.5 Å². The van der Waals surface area contributed by atoms with Gasteiger partial charge in [0.25, 0.3) is 0 Å². The lowest BCUT2D eigenvalue weighted by Crippen LogP contribution is -2.38. The van der Waals surface area contributed by atoms with Crippen molar-refractivity contribution in [2.45, 2.75) is 65.6 Å². The van der Waals surface area contributed by atoms with Gasteiger partial charge in [-0.25, -0.2) is 15.0 Å². The molecule has 1 amide bonds. The summed E-state index contributed by atoms with van der Waals surface area (Å²) in [6.45, 7) is 11.7. The van der Waals surface area contributed by atoms with Crippen LogP contribution in [-0.2, 0) is 14.3 Å². The van der Waals surface area contributed by atoms with E-state index in [-0.39, 0.29) is 0 Å². The van der Waals surface area contributed by atoms with Crippen molar-refractivity contribution in [2.75, 3.05) is 13.1 Å². The molecule has 1 aliphatic heterocycles. The van der Waals surface area contributed by atoms with Crippen LogP contribution in [0.25, 0.3) is 0 Å². The van der Waals surface area contributed by atoms with Crippen molar-refractivity contribution in [3.63, 3.8) is 0 Å². The molecule has 1 N–H and O–H groups in total. The van der Waals surface area contributed by atoms with Gasteiger partial charge in [-0.3, -0.25) is 0 Å². The van der Waals surface area contributed by atoms with E-state index in [1.54, 1.807) is 41.5 Å². The number of hydrogen-bond donors (Lipinski definition) is 1. The minimum Gasteiger partial charge on any atom is -0.443 e. The summed E-state index contributed by atoms with van der Waals surface area (Å²) in [5.41, 5.74) is 2.04. The molecular formula is C15H27N3O5. The number of piperidine rings is 1. The largest absolute Gasteiger partial charge is 0.528 e. The molecule has 0 aliphatic carbocycles. The number of carbonyl (C=O) groups excluding carboxylic acids is 2. The molecular weight excluding hydrogens is 302 g/mol. The fourth-order valence-electron chi connectivity index (χ4n) is 1.75. The number of nitrogens with zero attached hydrogens (tertiary/aromatic N) is 2. The van der Waals surface area contributed by atoms with E-state index in [1.807, 2.05) is 0 Å². The zero-order valence-electron chi connectivity index (χ0n) is 14.8. The van der Waals surface area contributed by atoms with Crippen LogP contribution in [0.5, 0.6) is 0 Å². The molecule has 0 aromatic carbocycles. The topological polar surface area (TPSA) is 89.5 Å². The van der Waals surface area contributed by atoms with Crippen LogP contribution in [0.4, 0.5) is 9.59 Å². The van der Waals surface area contributed by atoms with Crippen molar-refractivity contribution in [3.8, 4) is 0 Å². The Bertz CT molecular complexity index is 453. The average molecular weight is 329 g/mol. The SMILES string of the molecule is CC(C)(C)OC(=O)NN=C1CCN(OC(=O)OC(C)(C)C)CC1. The zero-order valence-corrected chi connectivity index (χ0v) is 14.8. The number of amides is 1. The van der Waals surface area contributed by atoms with Gasteiger partial charge in [0.1, 0.15) is 11.2 Å². The summed E-state index contributed by atoms with van der Waals surface area (Å²) in [6.07, 6.45) is -0.140. The average Bonchev–Trinajstić information content (AvgIpc) is 2.33. The van der Waals surface area contributed by atoms with Crippen LogP contribution in [0.2, 0.25) is 0 Å². The van der Waals surface area contributed by atoms with Crippen LogP contribution in [0, 0.1) is 0 Å². The van der Waals surface area contributed by atoms with Crippen LogP contribution in [0.15, 0.2) is 5.10 Å². The molecule has 1 heterocycles. The van der Waals surface area contributed by atoms with Crippen molar-refractivity contribution in [2.24, 2.45) is 5.10 Å². The van der Waals surface area contributed by atoms with Crippen LogP contribution in [-0.4, -0.2) is 47.3 Å². The number of hydrogen-bond acceptors (Lipinski definition) is 7. The Balaban J connectivity index is 2.34. The van der Waals surface area contributed by atoms with E-state index in [0.29, 0.717) is 25.9 Å². The van der Waals surface area contributed by atoms with E-state index >= 15 is 0 Å². The molecule has 23 heavy (non-hydrogen) atoms. The van der Waals surface area contributed by atoms with Gasteiger partial charge in [0.15, 0.2) is 0 Å². The summed E-state index contributed by atoms with van der Waals surface area (Å²) in [6, 6.07) is 0. The molecule has 0 spiro atoms. The first-order valence-corrected chi connectivity index (χ1v) is 7.65.